The average molecular weight is 279 g/mol. The minimum absolute atomic E-state index is 0.267. The van der Waals surface area contributed by atoms with Crippen LogP contribution in [0.4, 0.5) is 13.2 Å². The van der Waals surface area contributed by atoms with Crippen LogP contribution in [-0.4, -0.2) is 6.54 Å². The lowest BCUT2D eigenvalue weighted by molar-refractivity contribution is 0.509. The van der Waals surface area contributed by atoms with Crippen molar-refractivity contribution < 1.29 is 13.2 Å². The fourth-order valence-corrected chi connectivity index (χ4v) is 1.98. The minimum Gasteiger partial charge on any atom is -0.313 e. The quantitative estimate of drug-likeness (QED) is 0.806. The van der Waals surface area contributed by atoms with Gasteiger partial charge in [0.15, 0.2) is 11.6 Å². The van der Waals surface area contributed by atoms with Gasteiger partial charge in [-0.25, -0.2) is 13.2 Å². The summed E-state index contributed by atoms with van der Waals surface area (Å²) in [6.07, 6.45) is 1.01. The summed E-state index contributed by atoms with van der Waals surface area (Å²) in [6.45, 7) is 3.51. The van der Waals surface area contributed by atoms with Crippen molar-refractivity contribution in [1.29, 1.82) is 0 Å². The van der Waals surface area contributed by atoms with Gasteiger partial charge in [0.25, 0.3) is 0 Å². The van der Waals surface area contributed by atoms with Crippen molar-refractivity contribution in [3.8, 4) is 11.1 Å². The molecule has 0 heterocycles. The Kier molecular flexibility index (Phi) is 4.79. The van der Waals surface area contributed by atoms with E-state index in [-0.39, 0.29) is 5.56 Å². The number of halogens is 3. The third-order valence-electron chi connectivity index (χ3n) is 3.02. The van der Waals surface area contributed by atoms with Crippen LogP contribution in [-0.2, 0) is 6.54 Å². The molecule has 0 atom stereocenters. The molecule has 0 saturated carbocycles. The van der Waals surface area contributed by atoms with E-state index in [0.29, 0.717) is 12.1 Å². The Balaban J connectivity index is 2.22. The third-order valence-corrected chi connectivity index (χ3v) is 3.02. The molecule has 0 aliphatic heterocycles. The molecular weight excluding hydrogens is 263 g/mol. The lowest BCUT2D eigenvalue weighted by atomic mass is 10.0. The highest BCUT2D eigenvalue weighted by molar-refractivity contribution is 5.64. The smallest absolute Gasteiger partial charge is 0.159 e. The Morgan fingerprint density at radius 2 is 1.70 bits per heavy atom. The summed E-state index contributed by atoms with van der Waals surface area (Å²) in [5.74, 6) is -2.35. The summed E-state index contributed by atoms with van der Waals surface area (Å²) < 4.78 is 40.1. The van der Waals surface area contributed by atoms with Gasteiger partial charge in [0.1, 0.15) is 5.82 Å². The molecule has 0 spiro atoms. The Hall–Kier alpha value is -1.81. The van der Waals surface area contributed by atoms with Crippen molar-refractivity contribution in [3.63, 3.8) is 0 Å². The number of hydrogen-bond acceptors (Lipinski definition) is 1. The van der Waals surface area contributed by atoms with Crippen LogP contribution in [0.5, 0.6) is 0 Å². The van der Waals surface area contributed by atoms with Crippen LogP contribution in [0.15, 0.2) is 36.4 Å². The Labute approximate surface area is 116 Å². The van der Waals surface area contributed by atoms with Crippen molar-refractivity contribution in [1.82, 2.24) is 5.32 Å². The van der Waals surface area contributed by atoms with Crippen LogP contribution < -0.4 is 5.32 Å². The molecule has 0 fully saturated rings. The minimum atomic E-state index is -0.976. The van der Waals surface area contributed by atoms with Gasteiger partial charge in [-0.3, -0.25) is 0 Å². The van der Waals surface area contributed by atoms with Crippen molar-refractivity contribution in [2.45, 2.75) is 19.9 Å². The Morgan fingerprint density at radius 1 is 0.900 bits per heavy atom. The van der Waals surface area contributed by atoms with Crippen molar-refractivity contribution in [3.05, 3.63) is 59.4 Å². The predicted molar refractivity (Wildman–Crippen MR) is 73.7 cm³/mol. The standard InChI is InChI=1S/C16H16F3N/c1-2-7-20-10-11-3-5-13(15(18)8-11)12-4-6-14(17)16(19)9-12/h3-6,8-9,20H,2,7,10H2,1H3. The normalized spacial score (nSPS) is 10.8. The van der Waals surface area contributed by atoms with Gasteiger partial charge < -0.3 is 5.32 Å². The van der Waals surface area contributed by atoms with Crippen LogP contribution in [0.3, 0.4) is 0 Å². The second kappa shape index (κ2) is 6.57. The number of hydrogen-bond donors (Lipinski definition) is 1. The molecule has 20 heavy (non-hydrogen) atoms. The summed E-state index contributed by atoms with van der Waals surface area (Å²) in [4.78, 5) is 0. The van der Waals surface area contributed by atoms with E-state index in [1.54, 1.807) is 12.1 Å². The molecule has 0 radical (unpaired) electrons. The molecule has 1 N–H and O–H groups in total. The highest BCUT2D eigenvalue weighted by Gasteiger charge is 2.09. The van der Waals surface area contributed by atoms with Crippen molar-refractivity contribution in [2.24, 2.45) is 0 Å². The number of benzene rings is 2. The summed E-state index contributed by atoms with van der Waals surface area (Å²) >= 11 is 0. The van der Waals surface area contributed by atoms with E-state index >= 15 is 0 Å². The molecule has 4 heteroatoms. The molecule has 0 saturated heterocycles. The van der Waals surface area contributed by atoms with E-state index in [1.165, 1.54) is 12.1 Å². The van der Waals surface area contributed by atoms with Gasteiger partial charge in [0, 0.05) is 12.1 Å². The summed E-state index contributed by atoms with van der Waals surface area (Å²) in [5, 5.41) is 3.18. The third kappa shape index (κ3) is 3.39. The van der Waals surface area contributed by atoms with Crippen LogP contribution >= 0.6 is 0 Å². The molecule has 0 aliphatic rings. The molecule has 106 valence electrons. The van der Waals surface area contributed by atoms with Gasteiger partial charge in [-0.1, -0.05) is 25.1 Å². The van der Waals surface area contributed by atoms with E-state index in [1.807, 2.05) is 0 Å². The van der Waals surface area contributed by atoms with E-state index in [9.17, 15) is 13.2 Å². The van der Waals surface area contributed by atoms with Gasteiger partial charge in [-0.15, -0.1) is 0 Å². The average Bonchev–Trinajstić information content (AvgIpc) is 2.43. The first-order valence-corrected chi connectivity index (χ1v) is 6.56. The van der Waals surface area contributed by atoms with Crippen LogP contribution in [0, 0.1) is 17.5 Å². The zero-order chi connectivity index (χ0) is 14.5. The van der Waals surface area contributed by atoms with Crippen LogP contribution in [0.25, 0.3) is 11.1 Å². The molecule has 0 amide bonds. The van der Waals surface area contributed by atoms with Gasteiger partial charge in [-0.05, 0) is 42.3 Å². The molecule has 2 aromatic carbocycles. The van der Waals surface area contributed by atoms with Crippen LogP contribution in [0.1, 0.15) is 18.9 Å². The second-order valence-electron chi connectivity index (χ2n) is 4.62. The zero-order valence-electron chi connectivity index (χ0n) is 11.2. The maximum atomic E-state index is 14.0. The highest BCUT2D eigenvalue weighted by Crippen LogP contribution is 2.25. The number of rotatable bonds is 5. The van der Waals surface area contributed by atoms with E-state index < -0.39 is 17.5 Å². The molecule has 2 aromatic rings. The van der Waals surface area contributed by atoms with Crippen molar-refractivity contribution in [2.75, 3.05) is 6.54 Å². The first-order chi connectivity index (χ1) is 9.61. The first-order valence-electron chi connectivity index (χ1n) is 6.56. The van der Waals surface area contributed by atoms with E-state index in [2.05, 4.69) is 12.2 Å². The fraction of sp³-hybridized carbons (Fsp3) is 0.250. The maximum Gasteiger partial charge on any atom is 0.159 e. The molecular formula is C16H16F3N. The lowest BCUT2D eigenvalue weighted by Crippen LogP contribution is -2.13. The summed E-state index contributed by atoms with van der Waals surface area (Å²) in [5.41, 5.74) is 1.42. The van der Waals surface area contributed by atoms with Crippen molar-refractivity contribution >= 4 is 0 Å². The molecule has 0 aromatic heterocycles. The SMILES string of the molecule is CCCNCc1ccc(-c2ccc(F)c(F)c2)c(F)c1. The summed E-state index contributed by atoms with van der Waals surface area (Å²) in [7, 11) is 0. The second-order valence-corrected chi connectivity index (χ2v) is 4.62. The monoisotopic (exact) mass is 279 g/mol. The van der Waals surface area contributed by atoms with Gasteiger partial charge in [0.2, 0.25) is 0 Å². The molecule has 0 unspecified atom stereocenters. The van der Waals surface area contributed by atoms with Gasteiger partial charge in [0.05, 0.1) is 0 Å². The molecule has 0 aliphatic carbocycles. The topological polar surface area (TPSA) is 12.0 Å². The largest absolute Gasteiger partial charge is 0.313 e. The number of nitrogens with one attached hydrogen (secondary N) is 1. The fourth-order valence-electron chi connectivity index (χ4n) is 1.98. The zero-order valence-corrected chi connectivity index (χ0v) is 11.2. The Bertz CT molecular complexity index is 596. The van der Waals surface area contributed by atoms with E-state index in [0.717, 1.165) is 30.7 Å². The van der Waals surface area contributed by atoms with Crippen LogP contribution in [0.2, 0.25) is 0 Å². The van der Waals surface area contributed by atoms with E-state index in [4.69, 9.17) is 0 Å². The first kappa shape index (κ1) is 14.6. The predicted octanol–water partition coefficient (Wildman–Crippen LogP) is 4.27. The highest BCUT2D eigenvalue weighted by atomic mass is 19.2. The Morgan fingerprint density at radius 3 is 2.35 bits per heavy atom. The molecule has 1 nitrogen and oxygen atoms in total. The maximum absolute atomic E-state index is 14.0. The summed E-state index contributed by atoms with van der Waals surface area (Å²) in [6, 6.07) is 8.15. The lowest BCUT2D eigenvalue weighted by Gasteiger charge is -2.08. The molecule has 0 bridgehead atoms. The van der Waals surface area contributed by atoms with Gasteiger partial charge >= 0.3 is 0 Å². The molecule has 2 rings (SSSR count). The van der Waals surface area contributed by atoms with Gasteiger partial charge in [-0.2, -0.15) is 0 Å².